The van der Waals surface area contributed by atoms with Crippen LogP contribution in [0.2, 0.25) is 5.02 Å². The number of fused-ring (bicyclic) bond motifs is 1. The van der Waals surface area contributed by atoms with E-state index in [1.54, 1.807) is 31.2 Å². The molecule has 0 aliphatic carbocycles. The first-order chi connectivity index (χ1) is 14.0. The van der Waals surface area contributed by atoms with Crippen LogP contribution in [0.5, 0.6) is 0 Å². The smallest absolute Gasteiger partial charge is 0.309 e. The topological polar surface area (TPSA) is 72.6 Å². The highest BCUT2D eigenvalue weighted by Gasteiger charge is 2.30. The van der Waals surface area contributed by atoms with Crippen LogP contribution in [0.1, 0.15) is 30.1 Å². The maximum atomic E-state index is 12.5. The van der Waals surface area contributed by atoms with Crippen molar-refractivity contribution < 1.29 is 18.7 Å². The summed E-state index contributed by atoms with van der Waals surface area (Å²) in [5.41, 5.74) is 2.04. The minimum atomic E-state index is -0.834. The van der Waals surface area contributed by atoms with Crippen LogP contribution in [0.25, 0.3) is 11.1 Å². The van der Waals surface area contributed by atoms with E-state index in [1.165, 1.54) is 0 Å². The first kappa shape index (κ1) is 19.5. The van der Waals surface area contributed by atoms with Crippen LogP contribution in [-0.2, 0) is 9.53 Å². The number of hydrogen-bond donors (Lipinski definition) is 0. The number of piperidine rings is 1. The van der Waals surface area contributed by atoms with Crippen molar-refractivity contribution in [2.24, 2.45) is 5.92 Å². The van der Waals surface area contributed by atoms with Crippen molar-refractivity contribution in [2.75, 3.05) is 18.0 Å². The second-order valence-electron chi connectivity index (χ2n) is 7.18. The molecule has 0 radical (unpaired) electrons. The molecule has 1 fully saturated rings. The molecule has 0 saturated carbocycles. The zero-order chi connectivity index (χ0) is 20.4. The first-order valence-electron chi connectivity index (χ1n) is 9.62. The predicted octanol–water partition coefficient (Wildman–Crippen LogP) is 4.51. The van der Waals surface area contributed by atoms with Crippen molar-refractivity contribution in [3.05, 3.63) is 59.1 Å². The quantitative estimate of drug-likeness (QED) is 0.453. The van der Waals surface area contributed by atoms with E-state index in [2.05, 4.69) is 4.98 Å². The molecule has 1 aromatic heterocycles. The Morgan fingerprint density at radius 3 is 2.52 bits per heavy atom. The summed E-state index contributed by atoms with van der Waals surface area (Å²) in [6.07, 6.45) is 0.414. The van der Waals surface area contributed by atoms with Crippen molar-refractivity contribution in [1.29, 1.82) is 0 Å². The van der Waals surface area contributed by atoms with E-state index in [1.807, 2.05) is 29.2 Å². The molecule has 1 saturated heterocycles. The Balaban J connectivity index is 1.32. The van der Waals surface area contributed by atoms with Crippen LogP contribution in [0, 0.1) is 5.92 Å². The van der Waals surface area contributed by atoms with Gasteiger partial charge < -0.3 is 14.1 Å². The monoisotopic (exact) mass is 412 g/mol. The van der Waals surface area contributed by atoms with Crippen molar-refractivity contribution in [3.63, 3.8) is 0 Å². The third kappa shape index (κ3) is 4.27. The van der Waals surface area contributed by atoms with Gasteiger partial charge in [-0.1, -0.05) is 23.7 Å². The molecule has 0 N–H and O–H groups in total. The second kappa shape index (κ2) is 8.25. The lowest BCUT2D eigenvalue weighted by atomic mass is 9.97. The van der Waals surface area contributed by atoms with E-state index in [9.17, 15) is 9.59 Å². The van der Waals surface area contributed by atoms with Gasteiger partial charge in [0.2, 0.25) is 5.78 Å². The maximum Gasteiger partial charge on any atom is 0.309 e. The van der Waals surface area contributed by atoms with E-state index in [4.69, 9.17) is 20.8 Å². The molecule has 1 aliphatic heterocycles. The van der Waals surface area contributed by atoms with Gasteiger partial charge in [-0.05, 0) is 56.2 Å². The average molecular weight is 413 g/mol. The van der Waals surface area contributed by atoms with Crippen LogP contribution in [-0.4, -0.2) is 35.9 Å². The number of Topliss-reactive ketones (excluding diaryl/α,β-unsaturated/α-hetero) is 1. The van der Waals surface area contributed by atoms with Gasteiger partial charge in [-0.15, -0.1) is 0 Å². The normalized spacial score (nSPS) is 16.0. The van der Waals surface area contributed by atoms with Crippen molar-refractivity contribution in [2.45, 2.75) is 25.9 Å². The molecule has 0 amide bonds. The summed E-state index contributed by atoms with van der Waals surface area (Å²) in [6.45, 7) is 2.89. The first-order valence-corrected chi connectivity index (χ1v) is 10.00. The molecule has 0 spiro atoms. The molecule has 0 bridgehead atoms. The van der Waals surface area contributed by atoms with Crippen molar-refractivity contribution >= 4 is 40.5 Å². The fraction of sp³-hybridized carbons (Fsp3) is 0.318. The third-order valence-electron chi connectivity index (χ3n) is 5.17. The summed E-state index contributed by atoms with van der Waals surface area (Å²) in [5, 5.41) is 0.553. The van der Waals surface area contributed by atoms with Crippen LogP contribution in [0.15, 0.2) is 52.9 Å². The van der Waals surface area contributed by atoms with E-state index in [0.29, 0.717) is 42.5 Å². The minimum absolute atomic E-state index is 0.237. The van der Waals surface area contributed by atoms with Gasteiger partial charge in [0.15, 0.2) is 11.7 Å². The molecule has 1 unspecified atom stereocenters. The van der Waals surface area contributed by atoms with E-state index in [0.717, 1.165) is 11.1 Å². The number of aromatic nitrogens is 1. The highest BCUT2D eigenvalue weighted by molar-refractivity contribution is 6.30. The predicted molar refractivity (Wildman–Crippen MR) is 110 cm³/mol. The summed E-state index contributed by atoms with van der Waals surface area (Å²) >= 11 is 5.85. The number of rotatable bonds is 5. The van der Waals surface area contributed by atoms with Gasteiger partial charge >= 0.3 is 5.97 Å². The lowest BCUT2D eigenvalue weighted by molar-refractivity contribution is -0.152. The summed E-state index contributed by atoms with van der Waals surface area (Å²) < 4.78 is 11.2. The van der Waals surface area contributed by atoms with Crippen LogP contribution in [0.3, 0.4) is 0 Å². The zero-order valence-electron chi connectivity index (χ0n) is 16.0. The number of hydrogen-bond acceptors (Lipinski definition) is 6. The number of esters is 1. The Morgan fingerprint density at radius 1 is 1.14 bits per heavy atom. The number of carbonyl (C=O) groups excluding carboxylic acids is 2. The number of ether oxygens (including phenoxy) is 1. The molecule has 2 aromatic carbocycles. The molecular weight excluding hydrogens is 392 g/mol. The number of carbonyl (C=O) groups is 2. The van der Waals surface area contributed by atoms with Crippen LogP contribution >= 0.6 is 11.6 Å². The van der Waals surface area contributed by atoms with E-state index < -0.39 is 6.10 Å². The van der Waals surface area contributed by atoms with Crippen molar-refractivity contribution in [1.82, 2.24) is 4.98 Å². The van der Waals surface area contributed by atoms with E-state index >= 15 is 0 Å². The third-order valence-corrected chi connectivity index (χ3v) is 5.42. The molecule has 29 heavy (non-hydrogen) atoms. The van der Waals surface area contributed by atoms with Gasteiger partial charge in [0.05, 0.1) is 5.92 Å². The van der Waals surface area contributed by atoms with Gasteiger partial charge in [0.25, 0.3) is 6.01 Å². The molecular formula is C22H21ClN2O4. The minimum Gasteiger partial charge on any atom is -0.454 e. The van der Waals surface area contributed by atoms with Gasteiger partial charge in [-0.3, -0.25) is 9.59 Å². The maximum absolute atomic E-state index is 12.5. The SMILES string of the molecule is CC(OC(=O)C1CCN(c2nc3ccccc3o2)CC1)C(=O)c1ccc(Cl)cc1. The molecule has 1 atom stereocenters. The highest BCUT2D eigenvalue weighted by atomic mass is 35.5. The standard InChI is InChI=1S/C22H21ClN2O4/c1-14(20(26)15-6-8-17(23)9-7-15)28-21(27)16-10-12-25(13-11-16)22-24-18-4-2-3-5-19(18)29-22/h2-9,14,16H,10-13H2,1H3. The summed E-state index contributed by atoms with van der Waals surface area (Å²) in [4.78, 5) is 31.5. The molecule has 1 aliphatic rings. The Kier molecular flexibility index (Phi) is 5.53. The Morgan fingerprint density at radius 2 is 1.83 bits per heavy atom. The van der Waals surface area contributed by atoms with Gasteiger partial charge in [-0.25, -0.2) is 0 Å². The summed E-state index contributed by atoms with van der Waals surface area (Å²) in [5.74, 6) is -0.813. The summed E-state index contributed by atoms with van der Waals surface area (Å²) in [6, 6.07) is 14.7. The number of benzene rings is 2. The van der Waals surface area contributed by atoms with Crippen molar-refractivity contribution in [3.8, 4) is 0 Å². The number of nitrogens with zero attached hydrogens (tertiary/aromatic N) is 2. The largest absolute Gasteiger partial charge is 0.454 e. The zero-order valence-corrected chi connectivity index (χ0v) is 16.8. The number of para-hydroxylation sites is 2. The van der Waals surface area contributed by atoms with Gasteiger partial charge in [-0.2, -0.15) is 4.98 Å². The van der Waals surface area contributed by atoms with Gasteiger partial charge in [0.1, 0.15) is 5.52 Å². The van der Waals surface area contributed by atoms with Crippen LogP contribution < -0.4 is 4.90 Å². The Labute approximate surface area is 173 Å². The molecule has 2 heterocycles. The van der Waals surface area contributed by atoms with Crippen LogP contribution in [0.4, 0.5) is 6.01 Å². The molecule has 3 aromatic rings. The average Bonchev–Trinajstić information content (AvgIpc) is 3.18. The Hall–Kier alpha value is -2.86. The lowest BCUT2D eigenvalue weighted by Crippen LogP contribution is -2.38. The Bertz CT molecular complexity index is 990. The number of oxazole rings is 1. The molecule has 6 nitrogen and oxygen atoms in total. The molecule has 7 heteroatoms. The summed E-state index contributed by atoms with van der Waals surface area (Å²) in [7, 11) is 0. The second-order valence-corrected chi connectivity index (χ2v) is 7.61. The lowest BCUT2D eigenvalue weighted by Gasteiger charge is -2.30. The molecule has 4 rings (SSSR count). The van der Waals surface area contributed by atoms with Gasteiger partial charge in [0, 0.05) is 23.7 Å². The highest BCUT2D eigenvalue weighted by Crippen LogP contribution is 2.27. The fourth-order valence-corrected chi connectivity index (χ4v) is 3.60. The number of anilines is 1. The fourth-order valence-electron chi connectivity index (χ4n) is 3.47. The van der Waals surface area contributed by atoms with E-state index in [-0.39, 0.29) is 17.7 Å². The number of halogens is 1. The molecule has 150 valence electrons. The number of ketones is 1.